The van der Waals surface area contributed by atoms with Crippen LogP contribution >= 0.6 is 0 Å². The lowest BCUT2D eigenvalue weighted by atomic mass is 10.1. The molecule has 0 radical (unpaired) electrons. The molecular weight excluding hydrogens is 404 g/mol. The van der Waals surface area contributed by atoms with Crippen LogP contribution in [0, 0.1) is 0 Å². The summed E-state index contributed by atoms with van der Waals surface area (Å²) in [6.45, 7) is 2.47. The molecule has 1 N–H and O–H groups in total. The number of fused-ring (bicyclic) bond motifs is 2. The molecular formula is C21H20N4O4S. The minimum atomic E-state index is -3.84. The fourth-order valence-electron chi connectivity index (χ4n) is 3.15. The predicted octanol–water partition coefficient (Wildman–Crippen LogP) is 3.12. The van der Waals surface area contributed by atoms with E-state index in [1.807, 2.05) is 6.92 Å². The summed E-state index contributed by atoms with van der Waals surface area (Å²) >= 11 is 0. The molecule has 9 heteroatoms. The normalized spacial score (nSPS) is 13.2. The molecule has 1 aromatic carbocycles. The first-order valence-electron chi connectivity index (χ1n) is 9.47. The van der Waals surface area contributed by atoms with E-state index in [2.05, 4.69) is 14.7 Å². The van der Waals surface area contributed by atoms with Gasteiger partial charge in [-0.1, -0.05) is 13.0 Å². The molecule has 1 amide bonds. The molecule has 30 heavy (non-hydrogen) atoms. The van der Waals surface area contributed by atoms with Gasteiger partial charge in [0.25, 0.3) is 5.91 Å². The Kier molecular flexibility index (Phi) is 5.47. The Hall–Kier alpha value is -3.30. The average Bonchev–Trinajstić information content (AvgIpc) is 2.88. The number of carbonyl (C=O) groups is 1. The first-order valence-corrected chi connectivity index (χ1v) is 11.0. The van der Waals surface area contributed by atoms with Crippen LogP contribution in [0.5, 0.6) is 11.5 Å². The second-order valence-corrected chi connectivity index (χ2v) is 8.49. The van der Waals surface area contributed by atoms with Gasteiger partial charge in [-0.2, -0.15) is 0 Å². The second kappa shape index (κ2) is 8.21. The first kappa shape index (κ1) is 20.0. The molecule has 0 saturated heterocycles. The van der Waals surface area contributed by atoms with Gasteiger partial charge in [-0.15, -0.1) is 0 Å². The highest BCUT2D eigenvalue weighted by Crippen LogP contribution is 2.38. The molecule has 0 saturated carbocycles. The smallest absolute Gasteiger partial charge is 0.263 e. The largest absolute Gasteiger partial charge is 0.453 e. The summed E-state index contributed by atoms with van der Waals surface area (Å²) < 4.78 is 34.0. The number of amides is 1. The maximum absolute atomic E-state index is 13.2. The van der Waals surface area contributed by atoms with Crippen LogP contribution in [0.25, 0.3) is 0 Å². The Morgan fingerprint density at radius 1 is 1.10 bits per heavy atom. The lowest BCUT2D eigenvalue weighted by molar-refractivity contribution is 0.0986. The van der Waals surface area contributed by atoms with E-state index in [9.17, 15) is 13.2 Å². The van der Waals surface area contributed by atoms with Gasteiger partial charge in [-0.25, -0.2) is 18.1 Å². The maximum Gasteiger partial charge on any atom is 0.263 e. The number of pyridine rings is 2. The standard InChI is InChI=1S/C21H20N4O4S/c1-2-11-25-20-19(6-4-10-23-20)29-18-8-7-16(12-17(18)21(25)26)30(27,28)24-14-15-5-3-9-22-13-15/h3-10,12-13,24H,2,11,14H2,1H3. The summed E-state index contributed by atoms with van der Waals surface area (Å²) in [6, 6.07) is 11.2. The van der Waals surface area contributed by atoms with E-state index in [1.54, 1.807) is 42.9 Å². The number of hydrogen-bond donors (Lipinski definition) is 1. The number of anilines is 1. The number of nitrogens with zero attached hydrogens (tertiary/aromatic N) is 3. The van der Waals surface area contributed by atoms with Crippen molar-refractivity contribution in [1.29, 1.82) is 0 Å². The highest BCUT2D eigenvalue weighted by atomic mass is 32.2. The lowest BCUT2D eigenvalue weighted by Gasteiger charge is -2.19. The molecule has 154 valence electrons. The molecule has 2 aromatic heterocycles. The van der Waals surface area contributed by atoms with Crippen LogP contribution in [0.2, 0.25) is 0 Å². The number of carbonyl (C=O) groups excluding carboxylic acids is 1. The third kappa shape index (κ3) is 3.89. The maximum atomic E-state index is 13.2. The summed E-state index contributed by atoms with van der Waals surface area (Å²) in [5.41, 5.74) is 0.900. The Morgan fingerprint density at radius 2 is 1.93 bits per heavy atom. The van der Waals surface area contributed by atoms with E-state index in [-0.39, 0.29) is 22.9 Å². The summed E-state index contributed by atoms with van der Waals surface area (Å²) in [6.07, 6.45) is 5.50. The van der Waals surface area contributed by atoms with E-state index < -0.39 is 10.0 Å². The molecule has 0 fully saturated rings. The SMILES string of the molecule is CCCN1C(=O)c2cc(S(=O)(=O)NCc3cccnc3)ccc2Oc2cccnc21. The van der Waals surface area contributed by atoms with E-state index >= 15 is 0 Å². The minimum absolute atomic E-state index is 0.0162. The molecule has 8 nitrogen and oxygen atoms in total. The summed E-state index contributed by atoms with van der Waals surface area (Å²) in [7, 11) is -3.84. The van der Waals surface area contributed by atoms with Gasteiger partial charge in [0, 0.05) is 31.7 Å². The van der Waals surface area contributed by atoms with Crippen molar-refractivity contribution in [2.24, 2.45) is 0 Å². The van der Waals surface area contributed by atoms with E-state index in [1.165, 1.54) is 23.1 Å². The fraction of sp³-hybridized carbons (Fsp3) is 0.190. The van der Waals surface area contributed by atoms with Crippen molar-refractivity contribution in [3.63, 3.8) is 0 Å². The Morgan fingerprint density at radius 3 is 2.70 bits per heavy atom. The molecule has 4 rings (SSSR count). The zero-order valence-corrected chi connectivity index (χ0v) is 17.1. The predicted molar refractivity (Wildman–Crippen MR) is 111 cm³/mol. The van der Waals surface area contributed by atoms with Crippen LogP contribution in [0.1, 0.15) is 29.3 Å². The average molecular weight is 424 g/mol. The van der Waals surface area contributed by atoms with Gasteiger partial charge >= 0.3 is 0 Å². The molecule has 0 unspecified atom stereocenters. The van der Waals surface area contributed by atoms with E-state index in [0.29, 0.717) is 30.3 Å². The summed E-state index contributed by atoms with van der Waals surface area (Å²) in [5, 5.41) is 0. The molecule has 0 atom stereocenters. The van der Waals surface area contributed by atoms with Crippen LogP contribution in [0.15, 0.2) is 66.0 Å². The summed E-state index contributed by atoms with van der Waals surface area (Å²) in [5.74, 6) is 0.802. The molecule has 3 heterocycles. The Labute approximate surface area is 174 Å². The number of rotatable bonds is 6. The third-order valence-corrected chi connectivity index (χ3v) is 6.00. The van der Waals surface area contributed by atoms with Crippen molar-refractivity contribution in [1.82, 2.24) is 14.7 Å². The topological polar surface area (TPSA) is 101 Å². The third-order valence-electron chi connectivity index (χ3n) is 4.60. The van der Waals surface area contributed by atoms with Gasteiger partial charge in [0.1, 0.15) is 5.75 Å². The zero-order valence-electron chi connectivity index (χ0n) is 16.3. The molecule has 1 aliphatic heterocycles. The molecule has 3 aromatic rings. The fourth-order valence-corrected chi connectivity index (χ4v) is 4.20. The molecule has 0 aliphatic carbocycles. The second-order valence-electron chi connectivity index (χ2n) is 6.73. The number of nitrogens with one attached hydrogen (secondary N) is 1. The van der Waals surface area contributed by atoms with Crippen LogP contribution in [0.3, 0.4) is 0 Å². The van der Waals surface area contributed by atoms with Crippen LogP contribution in [-0.2, 0) is 16.6 Å². The Bertz CT molecular complexity index is 1180. The number of hydrogen-bond acceptors (Lipinski definition) is 6. The van der Waals surface area contributed by atoms with Crippen molar-refractivity contribution in [2.45, 2.75) is 24.8 Å². The lowest BCUT2D eigenvalue weighted by Crippen LogP contribution is -2.32. The van der Waals surface area contributed by atoms with Crippen molar-refractivity contribution in [3.8, 4) is 11.5 Å². The number of benzene rings is 1. The first-order chi connectivity index (χ1) is 14.5. The van der Waals surface area contributed by atoms with Gasteiger partial charge in [0.2, 0.25) is 10.0 Å². The van der Waals surface area contributed by atoms with Gasteiger partial charge < -0.3 is 4.74 Å². The minimum Gasteiger partial charge on any atom is -0.453 e. The van der Waals surface area contributed by atoms with Gasteiger partial charge in [0.05, 0.1) is 10.5 Å². The quantitative estimate of drug-likeness (QED) is 0.652. The van der Waals surface area contributed by atoms with Crippen molar-refractivity contribution in [2.75, 3.05) is 11.4 Å². The Balaban J connectivity index is 1.68. The van der Waals surface area contributed by atoms with Crippen molar-refractivity contribution >= 4 is 21.7 Å². The number of aromatic nitrogens is 2. The number of ether oxygens (including phenoxy) is 1. The van der Waals surface area contributed by atoms with Gasteiger partial charge in [0.15, 0.2) is 11.6 Å². The molecule has 0 bridgehead atoms. The van der Waals surface area contributed by atoms with Gasteiger partial charge in [-0.3, -0.25) is 14.7 Å². The van der Waals surface area contributed by atoms with Crippen LogP contribution in [0.4, 0.5) is 5.82 Å². The van der Waals surface area contributed by atoms with E-state index in [0.717, 1.165) is 5.56 Å². The molecule has 0 spiro atoms. The summed E-state index contributed by atoms with van der Waals surface area (Å²) in [4.78, 5) is 23.0. The van der Waals surface area contributed by atoms with Gasteiger partial charge in [-0.05, 0) is 48.4 Å². The van der Waals surface area contributed by atoms with Crippen LogP contribution in [-0.4, -0.2) is 30.8 Å². The highest BCUT2D eigenvalue weighted by molar-refractivity contribution is 7.89. The number of sulfonamides is 1. The highest BCUT2D eigenvalue weighted by Gasteiger charge is 2.30. The monoisotopic (exact) mass is 424 g/mol. The van der Waals surface area contributed by atoms with Crippen molar-refractivity contribution < 1.29 is 17.9 Å². The van der Waals surface area contributed by atoms with Crippen molar-refractivity contribution in [3.05, 3.63) is 72.2 Å². The molecule has 1 aliphatic rings. The van der Waals surface area contributed by atoms with Crippen LogP contribution < -0.4 is 14.4 Å². The zero-order chi connectivity index (χ0) is 21.1. The van der Waals surface area contributed by atoms with E-state index in [4.69, 9.17) is 4.74 Å².